The first kappa shape index (κ1) is 16.1. The predicted molar refractivity (Wildman–Crippen MR) is 95.8 cm³/mol. The van der Waals surface area contributed by atoms with Crippen molar-refractivity contribution in [2.24, 2.45) is 10.7 Å². The lowest BCUT2D eigenvalue weighted by Crippen LogP contribution is -2.41. The van der Waals surface area contributed by atoms with E-state index in [9.17, 15) is 0 Å². The molecule has 126 valence electrons. The summed E-state index contributed by atoms with van der Waals surface area (Å²) >= 11 is 0. The highest BCUT2D eigenvalue weighted by molar-refractivity contribution is 5.78. The largest absolute Gasteiger partial charge is 0.370 e. The number of nitrogens with one attached hydrogen (secondary N) is 1. The van der Waals surface area contributed by atoms with E-state index in [2.05, 4.69) is 27.3 Å². The molecule has 23 heavy (non-hydrogen) atoms. The lowest BCUT2D eigenvalue weighted by Gasteiger charge is -2.23. The van der Waals surface area contributed by atoms with Gasteiger partial charge in [0.1, 0.15) is 5.82 Å². The van der Waals surface area contributed by atoms with Crippen molar-refractivity contribution in [1.82, 2.24) is 10.3 Å². The van der Waals surface area contributed by atoms with Crippen molar-refractivity contribution in [3.8, 4) is 0 Å². The minimum absolute atomic E-state index is 0.502. The van der Waals surface area contributed by atoms with Crippen LogP contribution in [0.1, 0.15) is 56.2 Å². The molecule has 2 fully saturated rings. The molecule has 3 N–H and O–H groups in total. The highest BCUT2D eigenvalue weighted by Gasteiger charge is 2.17. The van der Waals surface area contributed by atoms with Gasteiger partial charge in [0.15, 0.2) is 5.96 Å². The summed E-state index contributed by atoms with van der Waals surface area (Å²) in [4.78, 5) is 11.7. The molecule has 3 rings (SSSR count). The van der Waals surface area contributed by atoms with Crippen LogP contribution in [0.15, 0.2) is 17.1 Å². The van der Waals surface area contributed by atoms with Crippen LogP contribution in [0.25, 0.3) is 0 Å². The molecule has 1 saturated carbocycles. The summed E-state index contributed by atoms with van der Waals surface area (Å²) in [6.07, 6.45) is 8.87. The molecule has 1 aliphatic carbocycles. The van der Waals surface area contributed by atoms with E-state index in [0.717, 1.165) is 24.6 Å². The highest BCUT2D eigenvalue weighted by atomic mass is 15.2. The number of aryl methyl sites for hydroxylation is 1. The molecule has 2 aliphatic rings. The summed E-state index contributed by atoms with van der Waals surface area (Å²) in [7, 11) is 0. The Balaban J connectivity index is 1.65. The van der Waals surface area contributed by atoms with Gasteiger partial charge >= 0.3 is 0 Å². The van der Waals surface area contributed by atoms with E-state index in [1.54, 1.807) is 0 Å². The van der Waals surface area contributed by atoms with E-state index in [0.29, 0.717) is 18.5 Å². The fourth-order valence-electron chi connectivity index (χ4n) is 3.57. The second-order valence-electron chi connectivity index (χ2n) is 6.81. The van der Waals surface area contributed by atoms with E-state index in [1.165, 1.54) is 50.5 Å². The van der Waals surface area contributed by atoms with Crippen LogP contribution in [0, 0.1) is 6.92 Å². The molecule has 5 heteroatoms. The van der Waals surface area contributed by atoms with Gasteiger partial charge in [-0.3, -0.25) is 0 Å². The van der Waals surface area contributed by atoms with Gasteiger partial charge in [0.2, 0.25) is 0 Å². The van der Waals surface area contributed by atoms with Crippen LogP contribution in [0.3, 0.4) is 0 Å². The maximum absolute atomic E-state index is 6.09. The molecule has 1 saturated heterocycles. The fourth-order valence-corrected chi connectivity index (χ4v) is 3.57. The second-order valence-corrected chi connectivity index (χ2v) is 6.81. The number of nitrogens with two attached hydrogens (primary N) is 1. The van der Waals surface area contributed by atoms with Gasteiger partial charge in [0, 0.05) is 30.4 Å². The van der Waals surface area contributed by atoms with Gasteiger partial charge in [0.05, 0.1) is 6.54 Å². The van der Waals surface area contributed by atoms with Crippen molar-refractivity contribution in [3.05, 3.63) is 23.4 Å². The molecule has 1 aromatic heterocycles. The Morgan fingerprint density at radius 3 is 2.70 bits per heavy atom. The third-order valence-electron chi connectivity index (χ3n) is 4.88. The molecule has 0 amide bonds. The lowest BCUT2D eigenvalue weighted by molar-refractivity contribution is 0.412. The minimum atomic E-state index is 0.502. The first-order valence-electron chi connectivity index (χ1n) is 9.00. The third-order valence-corrected chi connectivity index (χ3v) is 4.88. The van der Waals surface area contributed by atoms with E-state index >= 15 is 0 Å². The topological polar surface area (TPSA) is 66.5 Å². The summed E-state index contributed by atoms with van der Waals surface area (Å²) < 4.78 is 0. The van der Waals surface area contributed by atoms with Crippen molar-refractivity contribution < 1.29 is 0 Å². The first-order valence-corrected chi connectivity index (χ1v) is 9.00. The zero-order chi connectivity index (χ0) is 16.1. The summed E-state index contributed by atoms with van der Waals surface area (Å²) in [5, 5.41) is 3.38. The smallest absolute Gasteiger partial charge is 0.189 e. The fraction of sp³-hybridized carbons (Fsp3) is 0.667. The van der Waals surface area contributed by atoms with Crippen molar-refractivity contribution in [2.75, 3.05) is 18.0 Å². The van der Waals surface area contributed by atoms with Gasteiger partial charge in [-0.1, -0.05) is 25.3 Å². The standard InChI is InChI=1S/C18H29N5/c1-14-9-10-15(17(21-14)23-11-5-6-12-23)13-20-18(19)22-16-7-3-2-4-8-16/h9-10,16H,2-8,11-13H2,1H3,(H3,19,20,22). The van der Waals surface area contributed by atoms with Crippen molar-refractivity contribution >= 4 is 11.8 Å². The third kappa shape index (κ3) is 4.36. The van der Waals surface area contributed by atoms with Gasteiger partial charge in [-0.2, -0.15) is 0 Å². The SMILES string of the molecule is Cc1ccc(CN=C(N)NC2CCCCC2)c(N2CCCC2)n1. The normalized spacial score (nSPS) is 20.0. The van der Waals surface area contributed by atoms with Crippen LogP contribution in [0.5, 0.6) is 0 Å². The van der Waals surface area contributed by atoms with Gasteiger partial charge in [0.25, 0.3) is 0 Å². The summed E-state index contributed by atoms with van der Waals surface area (Å²) in [5.41, 5.74) is 8.33. The Labute approximate surface area is 139 Å². The summed E-state index contributed by atoms with van der Waals surface area (Å²) in [6.45, 7) is 4.85. The Morgan fingerprint density at radius 2 is 1.96 bits per heavy atom. The van der Waals surface area contributed by atoms with Crippen LogP contribution >= 0.6 is 0 Å². The number of aromatic nitrogens is 1. The summed E-state index contributed by atoms with van der Waals surface area (Å²) in [5.74, 6) is 1.67. The van der Waals surface area contributed by atoms with Crippen molar-refractivity contribution in [3.63, 3.8) is 0 Å². The first-order chi connectivity index (χ1) is 11.2. The molecule has 5 nitrogen and oxygen atoms in total. The molecular formula is C18H29N5. The second kappa shape index (κ2) is 7.66. The highest BCUT2D eigenvalue weighted by Crippen LogP contribution is 2.23. The Hall–Kier alpha value is -1.78. The van der Waals surface area contributed by atoms with Gasteiger partial charge in [-0.05, 0) is 38.7 Å². The number of anilines is 1. The van der Waals surface area contributed by atoms with E-state index in [4.69, 9.17) is 10.7 Å². The van der Waals surface area contributed by atoms with Gasteiger partial charge in [-0.15, -0.1) is 0 Å². The molecular weight excluding hydrogens is 286 g/mol. The molecule has 1 aromatic rings. The number of hydrogen-bond donors (Lipinski definition) is 2. The monoisotopic (exact) mass is 315 g/mol. The van der Waals surface area contributed by atoms with Crippen LogP contribution in [0.4, 0.5) is 5.82 Å². The molecule has 1 aliphatic heterocycles. The predicted octanol–water partition coefficient (Wildman–Crippen LogP) is 2.73. The Morgan fingerprint density at radius 1 is 1.22 bits per heavy atom. The lowest BCUT2D eigenvalue weighted by atomic mass is 9.96. The molecule has 2 heterocycles. The number of hydrogen-bond acceptors (Lipinski definition) is 3. The molecule has 0 bridgehead atoms. The van der Waals surface area contributed by atoms with Crippen molar-refractivity contribution in [1.29, 1.82) is 0 Å². The van der Waals surface area contributed by atoms with E-state index < -0.39 is 0 Å². The Bertz CT molecular complexity index is 542. The number of nitrogens with zero attached hydrogens (tertiary/aromatic N) is 3. The van der Waals surface area contributed by atoms with Crippen LogP contribution in [-0.2, 0) is 6.54 Å². The van der Waals surface area contributed by atoms with Crippen LogP contribution < -0.4 is 16.0 Å². The minimum Gasteiger partial charge on any atom is -0.370 e. The molecule has 0 atom stereocenters. The number of aliphatic imine (C=N–C) groups is 1. The van der Waals surface area contributed by atoms with Crippen molar-refractivity contribution in [2.45, 2.75) is 64.5 Å². The van der Waals surface area contributed by atoms with Gasteiger partial charge < -0.3 is 16.0 Å². The maximum atomic E-state index is 6.09. The molecule has 0 spiro atoms. The zero-order valence-electron chi connectivity index (χ0n) is 14.2. The summed E-state index contributed by atoms with van der Waals surface area (Å²) in [6, 6.07) is 4.71. The molecule has 0 radical (unpaired) electrons. The average Bonchev–Trinajstić information content (AvgIpc) is 3.09. The Kier molecular flexibility index (Phi) is 5.36. The molecule has 0 unspecified atom stereocenters. The number of rotatable bonds is 4. The van der Waals surface area contributed by atoms with E-state index in [-0.39, 0.29) is 0 Å². The van der Waals surface area contributed by atoms with E-state index in [1.807, 2.05) is 6.92 Å². The van der Waals surface area contributed by atoms with Crippen LogP contribution in [-0.4, -0.2) is 30.1 Å². The number of guanidine groups is 1. The number of pyridine rings is 1. The zero-order valence-corrected chi connectivity index (χ0v) is 14.2. The van der Waals surface area contributed by atoms with Crippen LogP contribution in [0.2, 0.25) is 0 Å². The van der Waals surface area contributed by atoms with Gasteiger partial charge in [-0.25, -0.2) is 9.98 Å². The molecule has 0 aromatic carbocycles. The quantitative estimate of drug-likeness (QED) is 0.662. The average molecular weight is 315 g/mol. The maximum Gasteiger partial charge on any atom is 0.189 e.